The summed E-state index contributed by atoms with van der Waals surface area (Å²) < 4.78 is 65.3. The van der Waals surface area contributed by atoms with Gasteiger partial charge in [0.2, 0.25) is 15.9 Å². The smallest absolute Gasteiger partial charge is 0.326 e. The van der Waals surface area contributed by atoms with Crippen LogP contribution in [0.25, 0.3) is 10.8 Å². The van der Waals surface area contributed by atoms with E-state index >= 15 is 0 Å². The van der Waals surface area contributed by atoms with Gasteiger partial charge in [-0.3, -0.25) is 4.79 Å². The van der Waals surface area contributed by atoms with E-state index in [1.165, 1.54) is 24.3 Å². The van der Waals surface area contributed by atoms with Crippen LogP contribution >= 0.6 is 0 Å². The summed E-state index contributed by atoms with van der Waals surface area (Å²) in [7, 11) is -3.83. The summed E-state index contributed by atoms with van der Waals surface area (Å²) in [6.07, 6.45) is -4.75. The average molecular weight is 422 g/mol. The Kier molecular flexibility index (Phi) is 5.90. The highest BCUT2D eigenvalue weighted by molar-refractivity contribution is 7.89. The topological polar surface area (TPSA) is 75.3 Å². The zero-order valence-corrected chi connectivity index (χ0v) is 15.8. The Balaban J connectivity index is 1.59. The summed E-state index contributed by atoms with van der Waals surface area (Å²) in [5, 5.41) is 3.99. The normalized spacial score (nSPS) is 12.1. The Hall–Kier alpha value is -2.91. The van der Waals surface area contributed by atoms with Crippen LogP contribution in [0, 0.1) is 0 Å². The third-order valence-corrected chi connectivity index (χ3v) is 5.61. The molecule has 0 radical (unpaired) electrons. The van der Waals surface area contributed by atoms with Crippen molar-refractivity contribution >= 4 is 32.4 Å². The summed E-state index contributed by atoms with van der Waals surface area (Å²) >= 11 is 0. The maximum Gasteiger partial charge on any atom is 0.416 e. The van der Waals surface area contributed by atoms with Crippen molar-refractivity contribution in [1.29, 1.82) is 0 Å². The van der Waals surface area contributed by atoms with Crippen molar-refractivity contribution in [3.63, 3.8) is 0 Å². The fourth-order valence-electron chi connectivity index (χ4n) is 2.71. The number of fused-ring (bicyclic) bond motifs is 1. The standard InChI is InChI=1S/C20H17F3N2O3S/c21-20(22,23)16-6-3-7-17(13-16)25-19(26)10-11-24-29(27,28)18-9-8-14-4-1-2-5-15(14)12-18/h1-9,12-13,24H,10-11H2,(H,25,26). The van der Waals surface area contributed by atoms with Crippen LogP contribution in [0.5, 0.6) is 0 Å². The molecule has 0 bridgehead atoms. The molecule has 0 aliphatic heterocycles. The third-order valence-electron chi connectivity index (χ3n) is 4.15. The molecule has 29 heavy (non-hydrogen) atoms. The van der Waals surface area contributed by atoms with Gasteiger partial charge in [-0.05, 0) is 41.1 Å². The van der Waals surface area contributed by atoms with E-state index in [4.69, 9.17) is 0 Å². The Labute approximate surface area is 165 Å². The minimum Gasteiger partial charge on any atom is -0.326 e. The third kappa shape index (κ3) is 5.33. The molecule has 1 amide bonds. The second-order valence-corrected chi connectivity index (χ2v) is 8.05. The lowest BCUT2D eigenvalue weighted by Gasteiger charge is -2.10. The fourth-order valence-corrected chi connectivity index (χ4v) is 3.78. The molecule has 2 N–H and O–H groups in total. The van der Waals surface area contributed by atoms with E-state index in [1.807, 2.05) is 12.1 Å². The van der Waals surface area contributed by atoms with E-state index in [2.05, 4.69) is 10.0 Å². The molecule has 3 aromatic rings. The molecule has 3 rings (SSSR count). The van der Waals surface area contributed by atoms with Gasteiger partial charge in [0.1, 0.15) is 0 Å². The number of rotatable bonds is 6. The van der Waals surface area contributed by atoms with Gasteiger partial charge in [0.25, 0.3) is 0 Å². The average Bonchev–Trinajstić information content (AvgIpc) is 2.67. The van der Waals surface area contributed by atoms with Gasteiger partial charge in [-0.1, -0.05) is 36.4 Å². The molecule has 0 saturated carbocycles. The highest BCUT2D eigenvalue weighted by Crippen LogP contribution is 2.30. The van der Waals surface area contributed by atoms with Crippen LogP contribution in [-0.4, -0.2) is 20.9 Å². The maximum atomic E-state index is 12.7. The number of halogens is 3. The van der Waals surface area contributed by atoms with Crippen LogP contribution in [-0.2, 0) is 21.0 Å². The van der Waals surface area contributed by atoms with Gasteiger partial charge in [-0.25, -0.2) is 13.1 Å². The Morgan fingerprint density at radius 1 is 0.897 bits per heavy atom. The Morgan fingerprint density at radius 2 is 1.62 bits per heavy atom. The summed E-state index contributed by atoms with van der Waals surface area (Å²) in [6.45, 7) is -0.194. The molecule has 0 aromatic heterocycles. The van der Waals surface area contributed by atoms with Crippen LogP contribution in [0.1, 0.15) is 12.0 Å². The van der Waals surface area contributed by atoms with Gasteiger partial charge in [-0.15, -0.1) is 0 Å². The predicted molar refractivity (Wildman–Crippen MR) is 104 cm³/mol. The monoisotopic (exact) mass is 422 g/mol. The van der Waals surface area contributed by atoms with Gasteiger partial charge in [0.05, 0.1) is 10.5 Å². The minimum atomic E-state index is -4.52. The Bertz CT molecular complexity index is 1140. The number of anilines is 1. The quantitative estimate of drug-likeness (QED) is 0.626. The second kappa shape index (κ2) is 8.22. The number of carbonyl (C=O) groups excluding carboxylic acids is 1. The van der Waals surface area contributed by atoms with E-state index in [1.54, 1.807) is 18.2 Å². The lowest BCUT2D eigenvalue weighted by Crippen LogP contribution is -2.27. The van der Waals surface area contributed by atoms with Crippen LogP contribution in [0.15, 0.2) is 71.6 Å². The number of hydrogen-bond donors (Lipinski definition) is 2. The molecule has 0 aliphatic carbocycles. The molecule has 0 atom stereocenters. The van der Waals surface area contributed by atoms with Crippen molar-refractivity contribution < 1.29 is 26.4 Å². The molecule has 3 aromatic carbocycles. The largest absolute Gasteiger partial charge is 0.416 e. The molecule has 0 heterocycles. The number of alkyl halides is 3. The number of carbonyl (C=O) groups is 1. The first-order valence-corrected chi connectivity index (χ1v) is 10.1. The molecular weight excluding hydrogens is 405 g/mol. The van der Waals surface area contributed by atoms with E-state index in [9.17, 15) is 26.4 Å². The highest BCUT2D eigenvalue weighted by atomic mass is 32.2. The molecule has 0 aliphatic rings. The number of amides is 1. The fraction of sp³-hybridized carbons (Fsp3) is 0.150. The number of hydrogen-bond acceptors (Lipinski definition) is 3. The lowest BCUT2D eigenvalue weighted by atomic mass is 10.1. The van der Waals surface area contributed by atoms with E-state index in [0.717, 1.165) is 22.9 Å². The van der Waals surface area contributed by atoms with Crippen LogP contribution in [0.2, 0.25) is 0 Å². The van der Waals surface area contributed by atoms with Gasteiger partial charge < -0.3 is 5.32 Å². The SMILES string of the molecule is O=C(CCNS(=O)(=O)c1ccc2ccccc2c1)Nc1cccc(C(F)(F)F)c1. The maximum absolute atomic E-state index is 12.7. The van der Waals surface area contributed by atoms with Crippen molar-refractivity contribution in [1.82, 2.24) is 4.72 Å². The summed E-state index contributed by atoms with van der Waals surface area (Å²) in [6, 6.07) is 16.2. The summed E-state index contributed by atoms with van der Waals surface area (Å²) in [4.78, 5) is 12.0. The van der Waals surface area contributed by atoms with Crippen LogP contribution in [0.3, 0.4) is 0 Å². The first-order chi connectivity index (χ1) is 13.6. The van der Waals surface area contributed by atoms with Gasteiger partial charge in [0.15, 0.2) is 0 Å². The van der Waals surface area contributed by atoms with E-state index in [0.29, 0.717) is 0 Å². The van der Waals surface area contributed by atoms with Gasteiger partial charge in [0, 0.05) is 18.7 Å². The molecule has 152 valence electrons. The van der Waals surface area contributed by atoms with Crippen molar-refractivity contribution in [2.75, 3.05) is 11.9 Å². The van der Waals surface area contributed by atoms with E-state index in [-0.39, 0.29) is 23.5 Å². The van der Waals surface area contributed by atoms with Crippen molar-refractivity contribution in [3.05, 3.63) is 72.3 Å². The zero-order chi connectivity index (χ0) is 21.1. The number of nitrogens with one attached hydrogen (secondary N) is 2. The molecule has 0 spiro atoms. The van der Waals surface area contributed by atoms with Gasteiger partial charge >= 0.3 is 6.18 Å². The molecule has 5 nitrogen and oxygen atoms in total. The number of benzene rings is 3. The molecular formula is C20H17F3N2O3S. The zero-order valence-electron chi connectivity index (χ0n) is 15.0. The Morgan fingerprint density at radius 3 is 2.34 bits per heavy atom. The highest BCUT2D eigenvalue weighted by Gasteiger charge is 2.30. The molecule has 0 unspecified atom stereocenters. The van der Waals surface area contributed by atoms with Crippen molar-refractivity contribution in [2.45, 2.75) is 17.5 Å². The number of sulfonamides is 1. The van der Waals surface area contributed by atoms with Crippen LogP contribution < -0.4 is 10.0 Å². The molecule has 9 heteroatoms. The van der Waals surface area contributed by atoms with Crippen molar-refractivity contribution in [3.8, 4) is 0 Å². The molecule has 0 fully saturated rings. The van der Waals surface area contributed by atoms with E-state index < -0.39 is 27.7 Å². The first kappa shape index (κ1) is 20.8. The van der Waals surface area contributed by atoms with Crippen molar-refractivity contribution in [2.24, 2.45) is 0 Å². The second-order valence-electron chi connectivity index (χ2n) is 6.28. The minimum absolute atomic E-state index is 0.0118. The van der Waals surface area contributed by atoms with Crippen LogP contribution in [0.4, 0.5) is 18.9 Å². The molecule has 0 saturated heterocycles. The summed E-state index contributed by atoms with van der Waals surface area (Å²) in [5.41, 5.74) is -0.894. The predicted octanol–water partition coefficient (Wildman–Crippen LogP) is 4.17. The summed E-state index contributed by atoms with van der Waals surface area (Å²) in [5.74, 6) is -0.606. The van der Waals surface area contributed by atoms with Gasteiger partial charge in [-0.2, -0.15) is 13.2 Å². The first-order valence-electron chi connectivity index (χ1n) is 8.61. The lowest BCUT2D eigenvalue weighted by molar-refractivity contribution is -0.137.